The minimum atomic E-state index is -0.138. The van der Waals surface area contributed by atoms with Gasteiger partial charge in [-0.25, -0.2) is 4.98 Å². The predicted octanol–water partition coefficient (Wildman–Crippen LogP) is 4.42. The van der Waals surface area contributed by atoms with Crippen LogP contribution < -0.4 is 0 Å². The molecular weight excluding hydrogens is 363 g/mol. The van der Waals surface area contributed by atoms with Gasteiger partial charge in [-0.15, -0.1) is 0 Å². The third kappa shape index (κ3) is 3.32. The zero-order valence-corrected chi connectivity index (χ0v) is 13.7. The summed E-state index contributed by atoms with van der Waals surface area (Å²) in [7, 11) is 1.71. The molecule has 0 spiro atoms. The number of aromatic nitrogens is 1. The first kappa shape index (κ1) is 15.3. The summed E-state index contributed by atoms with van der Waals surface area (Å²) in [6.45, 7) is 0.375. The Morgan fingerprint density at radius 3 is 2.75 bits per heavy atom. The Morgan fingerprint density at radius 2 is 2.05 bits per heavy atom. The maximum absolute atomic E-state index is 12.3. The van der Waals surface area contributed by atoms with E-state index in [1.54, 1.807) is 36.3 Å². The summed E-state index contributed by atoms with van der Waals surface area (Å²) >= 11 is 15.4. The van der Waals surface area contributed by atoms with Crippen molar-refractivity contribution < 1.29 is 4.79 Å². The van der Waals surface area contributed by atoms with E-state index < -0.39 is 0 Å². The van der Waals surface area contributed by atoms with Crippen molar-refractivity contribution in [2.24, 2.45) is 0 Å². The summed E-state index contributed by atoms with van der Waals surface area (Å²) in [6, 6.07) is 8.80. The fourth-order valence-electron chi connectivity index (χ4n) is 1.75. The van der Waals surface area contributed by atoms with Crippen molar-refractivity contribution in [1.82, 2.24) is 9.88 Å². The van der Waals surface area contributed by atoms with Crippen LogP contribution in [0.5, 0.6) is 0 Å². The molecule has 20 heavy (non-hydrogen) atoms. The van der Waals surface area contributed by atoms with Crippen LogP contribution in [0.1, 0.15) is 15.9 Å². The van der Waals surface area contributed by atoms with E-state index in [0.29, 0.717) is 26.8 Å². The highest BCUT2D eigenvalue weighted by Gasteiger charge is 2.16. The molecule has 3 nitrogen and oxygen atoms in total. The van der Waals surface area contributed by atoms with Gasteiger partial charge in [-0.2, -0.15) is 0 Å². The molecule has 0 bridgehead atoms. The van der Waals surface area contributed by atoms with Gasteiger partial charge < -0.3 is 4.90 Å². The minimum Gasteiger partial charge on any atom is -0.337 e. The Morgan fingerprint density at radius 1 is 1.30 bits per heavy atom. The van der Waals surface area contributed by atoms with Gasteiger partial charge in [0.05, 0.1) is 15.6 Å². The Kier molecular flexibility index (Phi) is 5.02. The van der Waals surface area contributed by atoms with Crippen LogP contribution in [-0.4, -0.2) is 22.8 Å². The van der Waals surface area contributed by atoms with Crippen molar-refractivity contribution in [3.05, 3.63) is 62.3 Å². The van der Waals surface area contributed by atoms with Crippen LogP contribution in [-0.2, 0) is 6.54 Å². The number of carbonyl (C=O) groups is 1. The van der Waals surface area contributed by atoms with Gasteiger partial charge in [0.2, 0.25) is 0 Å². The van der Waals surface area contributed by atoms with Crippen molar-refractivity contribution in [3.63, 3.8) is 0 Å². The van der Waals surface area contributed by atoms with Crippen molar-refractivity contribution in [2.75, 3.05) is 7.05 Å². The van der Waals surface area contributed by atoms with Gasteiger partial charge in [-0.3, -0.25) is 4.79 Å². The average molecular weight is 374 g/mol. The summed E-state index contributed by atoms with van der Waals surface area (Å²) in [5.74, 6) is -0.138. The molecule has 1 amide bonds. The average Bonchev–Trinajstić information content (AvgIpc) is 2.43. The summed E-state index contributed by atoms with van der Waals surface area (Å²) in [4.78, 5) is 18.0. The molecule has 0 unspecified atom stereocenters. The van der Waals surface area contributed by atoms with Gasteiger partial charge in [0.25, 0.3) is 5.91 Å². The molecule has 2 aromatic rings. The topological polar surface area (TPSA) is 33.2 Å². The van der Waals surface area contributed by atoms with E-state index in [1.165, 1.54) is 0 Å². The second-order valence-corrected chi connectivity index (χ2v) is 5.75. The Labute approximate surface area is 135 Å². The number of hydrogen-bond acceptors (Lipinski definition) is 2. The van der Waals surface area contributed by atoms with Crippen LogP contribution in [0.3, 0.4) is 0 Å². The molecule has 0 aliphatic heterocycles. The number of nitrogens with zero attached hydrogens (tertiary/aromatic N) is 2. The zero-order chi connectivity index (χ0) is 14.7. The molecule has 0 aliphatic rings. The number of hydrogen-bond donors (Lipinski definition) is 0. The molecule has 0 atom stereocenters. The second-order valence-electron chi connectivity index (χ2n) is 4.22. The van der Waals surface area contributed by atoms with E-state index in [1.807, 2.05) is 12.1 Å². The highest BCUT2D eigenvalue weighted by Crippen LogP contribution is 2.26. The number of amides is 1. The van der Waals surface area contributed by atoms with E-state index in [4.69, 9.17) is 23.2 Å². The van der Waals surface area contributed by atoms with Gasteiger partial charge in [0, 0.05) is 19.8 Å². The quantitative estimate of drug-likeness (QED) is 0.746. The second kappa shape index (κ2) is 6.57. The first-order chi connectivity index (χ1) is 9.50. The Balaban J connectivity index is 2.20. The van der Waals surface area contributed by atoms with Crippen molar-refractivity contribution in [3.8, 4) is 0 Å². The third-order valence-electron chi connectivity index (χ3n) is 2.78. The molecule has 104 valence electrons. The summed E-state index contributed by atoms with van der Waals surface area (Å²) < 4.78 is 0.522. The van der Waals surface area contributed by atoms with Crippen LogP contribution in [0.2, 0.25) is 10.0 Å². The van der Waals surface area contributed by atoms with Crippen molar-refractivity contribution in [1.29, 1.82) is 0 Å². The van der Waals surface area contributed by atoms with Gasteiger partial charge in [-0.1, -0.05) is 35.3 Å². The maximum Gasteiger partial charge on any atom is 0.256 e. The highest BCUT2D eigenvalue weighted by molar-refractivity contribution is 9.10. The smallest absolute Gasteiger partial charge is 0.256 e. The van der Waals surface area contributed by atoms with Crippen molar-refractivity contribution in [2.45, 2.75) is 6.54 Å². The van der Waals surface area contributed by atoms with E-state index in [0.717, 1.165) is 5.56 Å². The van der Waals surface area contributed by atoms with Gasteiger partial charge >= 0.3 is 0 Å². The van der Waals surface area contributed by atoms with E-state index in [-0.39, 0.29) is 5.91 Å². The van der Waals surface area contributed by atoms with E-state index in [2.05, 4.69) is 20.9 Å². The summed E-state index contributed by atoms with van der Waals surface area (Å²) in [6.07, 6.45) is 1.62. The molecule has 0 fully saturated rings. The number of halogens is 3. The molecule has 1 heterocycles. The lowest BCUT2D eigenvalue weighted by molar-refractivity contribution is 0.0783. The van der Waals surface area contributed by atoms with Gasteiger partial charge in [0.15, 0.2) is 0 Å². The fourth-order valence-corrected chi connectivity index (χ4v) is 2.55. The fraction of sp³-hybridized carbons (Fsp3) is 0.143. The normalized spacial score (nSPS) is 10.4. The molecule has 1 aromatic heterocycles. The van der Waals surface area contributed by atoms with Crippen LogP contribution in [0.4, 0.5) is 0 Å². The van der Waals surface area contributed by atoms with Gasteiger partial charge in [-0.05, 0) is 39.7 Å². The molecule has 2 rings (SSSR count). The summed E-state index contributed by atoms with van der Waals surface area (Å²) in [5, 5.41) is 0.951. The largest absolute Gasteiger partial charge is 0.337 e. The van der Waals surface area contributed by atoms with Gasteiger partial charge in [0.1, 0.15) is 4.60 Å². The number of carbonyl (C=O) groups excluding carboxylic acids is 1. The molecule has 6 heteroatoms. The molecule has 1 aromatic carbocycles. The predicted molar refractivity (Wildman–Crippen MR) is 84.2 cm³/mol. The number of benzene rings is 1. The highest BCUT2D eigenvalue weighted by atomic mass is 79.9. The van der Waals surface area contributed by atoms with Crippen LogP contribution in [0.25, 0.3) is 0 Å². The lowest BCUT2D eigenvalue weighted by atomic mass is 10.2. The van der Waals surface area contributed by atoms with Crippen LogP contribution in [0.15, 0.2) is 41.1 Å². The lowest BCUT2D eigenvalue weighted by Crippen LogP contribution is -2.26. The Hall–Kier alpha value is -1.10. The number of pyridine rings is 1. The lowest BCUT2D eigenvalue weighted by Gasteiger charge is -2.18. The molecule has 0 aliphatic carbocycles. The zero-order valence-electron chi connectivity index (χ0n) is 10.6. The molecule has 0 radical (unpaired) electrons. The Bertz CT molecular complexity index is 649. The first-order valence-electron chi connectivity index (χ1n) is 5.79. The SMILES string of the molecule is CN(Cc1cccc(Cl)c1Cl)C(=O)c1cccnc1Br. The first-order valence-corrected chi connectivity index (χ1v) is 7.34. The number of rotatable bonds is 3. The molecular formula is C14H11BrCl2N2O. The minimum absolute atomic E-state index is 0.138. The standard InChI is InChI=1S/C14H11BrCl2N2O/c1-19(8-9-4-2-6-11(16)12(9)17)14(20)10-5-3-7-18-13(10)15/h2-7H,8H2,1H3. The van der Waals surface area contributed by atoms with Crippen LogP contribution >= 0.6 is 39.1 Å². The van der Waals surface area contributed by atoms with Crippen LogP contribution in [0, 0.1) is 0 Å². The molecule has 0 N–H and O–H groups in total. The van der Waals surface area contributed by atoms with Crippen molar-refractivity contribution >= 4 is 45.0 Å². The molecule has 0 saturated carbocycles. The molecule has 0 saturated heterocycles. The van der Waals surface area contributed by atoms with E-state index >= 15 is 0 Å². The van der Waals surface area contributed by atoms with E-state index in [9.17, 15) is 4.79 Å². The maximum atomic E-state index is 12.3. The summed E-state index contributed by atoms with van der Waals surface area (Å²) in [5.41, 5.74) is 1.31. The third-order valence-corrected chi connectivity index (χ3v) is 4.27. The monoisotopic (exact) mass is 372 g/mol.